The minimum Gasteiger partial charge on any atom is -0.491 e. The van der Waals surface area contributed by atoms with Gasteiger partial charge in [0.15, 0.2) is 0 Å². The van der Waals surface area contributed by atoms with Gasteiger partial charge in [-0.2, -0.15) is 0 Å². The van der Waals surface area contributed by atoms with Crippen LogP contribution < -0.4 is 15.0 Å². The highest BCUT2D eigenvalue weighted by Gasteiger charge is 2.16. The van der Waals surface area contributed by atoms with Crippen molar-refractivity contribution in [1.29, 1.82) is 0 Å². The molecule has 2 rings (SSSR count). The third-order valence-electron chi connectivity index (χ3n) is 4.02. The van der Waals surface area contributed by atoms with Crippen LogP contribution in [0.2, 0.25) is 0 Å². The van der Waals surface area contributed by atoms with Gasteiger partial charge in [0, 0.05) is 58.6 Å². The largest absolute Gasteiger partial charge is 0.491 e. The Bertz CT molecular complexity index is 442. The SMILES string of the molecule is C=CCNCCN1CCN(c2ccc(OCCOC)cc2)CC1. The summed E-state index contributed by atoms with van der Waals surface area (Å²) >= 11 is 0. The minimum absolute atomic E-state index is 0.592. The fourth-order valence-corrected chi connectivity index (χ4v) is 2.67. The molecule has 0 bridgehead atoms. The number of hydrogen-bond acceptors (Lipinski definition) is 5. The van der Waals surface area contributed by atoms with Crippen LogP contribution in [0.5, 0.6) is 5.75 Å². The van der Waals surface area contributed by atoms with Crippen LogP contribution in [0, 0.1) is 0 Å². The molecule has 5 heteroatoms. The van der Waals surface area contributed by atoms with Crippen molar-refractivity contribution >= 4 is 5.69 Å². The Kier molecular flexibility index (Phi) is 7.93. The Balaban J connectivity index is 1.71. The zero-order chi connectivity index (χ0) is 16.3. The molecule has 1 saturated heterocycles. The molecule has 128 valence electrons. The lowest BCUT2D eigenvalue weighted by Crippen LogP contribution is -2.48. The van der Waals surface area contributed by atoms with Gasteiger partial charge < -0.3 is 19.7 Å². The molecule has 1 aromatic rings. The maximum absolute atomic E-state index is 5.60. The minimum atomic E-state index is 0.592. The first-order valence-corrected chi connectivity index (χ1v) is 8.34. The first-order valence-electron chi connectivity index (χ1n) is 8.34. The molecule has 0 spiro atoms. The lowest BCUT2D eigenvalue weighted by atomic mass is 10.2. The van der Waals surface area contributed by atoms with E-state index in [1.807, 2.05) is 18.2 Å². The maximum atomic E-state index is 5.60. The monoisotopic (exact) mass is 319 g/mol. The summed E-state index contributed by atoms with van der Waals surface area (Å²) in [4.78, 5) is 4.95. The van der Waals surface area contributed by atoms with Gasteiger partial charge in [0.2, 0.25) is 0 Å². The molecule has 0 saturated carbocycles. The summed E-state index contributed by atoms with van der Waals surface area (Å²) in [6.45, 7) is 12.3. The second-order valence-corrected chi connectivity index (χ2v) is 5.66. The molecule has 0 aliphatic carbocycles. The normalized spacial score (nSPS) is 15.6. The standard InChI is InChI=1S/C18H29N3O2/c1-3-8-19-9-10-20-11-13-21(14-12-20)17-4-6-18(7-5-17)23-16-15-22-2/h3-7,19H,1,8-16H2,2H3. The fraction of sp³-hybridized carbons (Fsp3) is 0.556. The topological polar surface area (TPSA) is 37.0 Å². The highest BCUT2D eigenvalue weighted by molar-refractivity contribution is 5.49. The molecule has 1 N–H and O–H groups in total. The molecule has 23 heavy (non-hydrogen) atoms. The molecule has 1 heterocycles. The summed E-state index contributed by atoms with van der Waals surface area (Å²) in [6, 6.07) is 8.36. The van der Waals surface area contributed by atoms with Crippen molar-refractivity contribution in [3.8, 4) is 5.75 Å². The molecule has 0 amide bonds. The number of methoxy groups -OCH3 is 1. The molecule has 0 radical (unpaired) electrons. The lowest BCUT2D eigenvalue weighted by Gasteiger charge is -2.36. The van der Waals surface area contributed by atoms with Gasteiger partial charge in [-0.25, -0.2) is 0 Å². The third kappa shape index (κ3) is 6.22. The molecule has 0 atom stereocenters. The van der Waals surface area contributed by atoms with Crippen LogP contribution in [0.4, 0.5) is 5.69 Å². The van der Waals surface area contributed by atoms with Gasteiger partial charge in [0.05, 0.1) is 6.61 Å². The van der Waals surface area contributed by atoms with E-state index in [0.717, 1.165) is 51.6 Å². The zero-order valence-electron chi connectivity index (χ0n) is 14.2. The van der Waals surface area contributed by atoms with Crippen molar-refractivity contribution in [2.24, 2.45) is 0 Å². The molecular formula is C18H29N3O2. The summed E-state index contributed by atoms with van der Waals surface area (Å²) in [5.41, 5.74) is 1.27. The van der Waals surface area contributed by atoms with E-state index in [-0.39, 0.29) is 0 Å². The predicted molar refractivity (Wildman–Crippen MR) is 95.5 cm³/mol. The van der Waals surface area contributed by atoms with E-state index in [1.54, 1.807) is 7.11 Å². The van der Waals surface area contributed by atoms with E-state index in [2.05, 4.69) is 33.8 Å². The molecule has 0 aromatic heterocycles. The number of benzene rings is 1. The van der Waals surface area contributed by atoms with Gasteiger partial charge in [-0.15, -0.1) is 6.58 Å². The van der Waals surface area contributed by atoms with E-state index >= 15 is 0 Å². The number of rotatable bonds is 10. The van der Waals surface area contributed by atoms with Gasteiger partial charge in [-0.1, -0.05) is 6.08 Å². The average Bonchev–Trinajstić information content (AvgIpc) is 2.60. The van der Waals surface area contributed by atoms with Crippen molar-refractivity contribution < 1.29 is 9.47 Å². The Morgan fingerprint density at radius 3 is 2.52 bits per heavy atom. The number of hydrogen-bond donors (Lipinski definition) is 1. The van der Waals surface area contributed by atoms with Gasteiger partial charge in [0.25, 0.3) is 0 Å². The van der Waals surface area contributed by atoms with Crippen molar-refractivity contribution in [2.45, 2.75) is 0 Å². The summed E-state index contributed by atoms with van der Waals surface area (Å²) in [5, 5.41) is 3.36. The van der Waals surface area contributed by atoms with Crippen molar-refractivity contribution in [1.82, 2.24) is 10.2 Å². The van der Waals surface area contributed by atoms with E-state index < -0.39 is 0 Å². The summed E-state index contributed by atoms with van der Waals surface area (Å²) in [7, 11) is 1.68. The maximum Gasteiger partial charge on any atom is 0.119 e. The van der Waals surface area contributed by atoms with Crippen LogP contribution in [0.25, 0.3) is 0 Å². The van der Waals surface area contributed by atoms with Crippen LogP contribution in [0.1, 0.15) is 0 Å². The summed E-state index contributed by atoms with van der Waals surface area (Å²) in [5.74, 6) is 0.901. The van der Waals surface area contributed by atoms with Crippen LogP contribution >= 0.6 is 0 Å². The van der Waals surface area contributed by atoms with Crippen molar-refractivity contribution in [2.75, 3.05) is 71.0 Å². The Hall–Kier alpha value is -1.56. The number of piperazine rings is 1. The van der Waals surface area contributed by atoms with Gasteiger partial charge in [-0.3, -0.25) is 4.90 Å². The van der Waals surface area contributed by atoms with Crippen LogP contribution in [-0.2, 0) is 4.74 Å². The highest BCUT2D eigenvalue weighted by atomic mass is 16.5. The molecule has 0 unspecified atom stereocenters. The smallest absolute Gasteiger partial charge is 0.119 e. The van der Waals surface area contributed by atoms with Crippen LogP contribution in [0.15, 0.2) is 36.9 Å². The second kappa shape index (κ2) is 10.3. The molecule has 1 aromatic carbocycles. The average molecular weight is 319 g/mol. The summed E-state index contributed by atoms with van der Waals surface area (Å²) in [6.07, 6.45) is 1.90. The molecule has 1 aliphatic rings. The zero-order valence-corrected chi connectivity index (χ0v) is 14.2. The summed E-state index contributed by atoms with van der Waals surface area (Å²) < 4.78 is 10.6. The second-order valence-electron chi connectivity index (χ2n) is 5.66. The quantitative estimate of drug-likeness (QED) is 0.524. The first-order chi connectivity index (χ1) is 11.3. The Labute approximate surface area is 139 Å². The molecular weight excluding hydrogens is 290 g/mol. The third-order valence-corrected chi connectivity index (χ3v) is 4.02. The molecule has 1 fully saturated rings. The van der Waals surface area contributed by atoms with Crippen LogP contribution in [-0.4, -0.2) is 71.0 Å². The fourth-order valence-electron chi connectivity index (χ4n) is 2.67. The lowest BCUT2D eigenvalue weighted by molar-refractivity contribution is 0.146. The number of nitrogens with one attached hydrogen (secondary N) is 1. The predicted octanol–water partition coefficient (Wildman–Crippen LogP) is 1.61. The van der Waals surface area contributed by atoms with Crippen molar-refractivity contribution in [3.05, 3.63) is 36.9 Å². The Morgan fingerprint density at radius 1 is 1.13 bits per heavy atom. The van der Waals surface area contributed by atoms with Gasteiger partial charge in [-0.05, 0) is 24.3 Å². The number of ether oxygens (including phenoxy) is 2. The van der Waals surface area contributed by atoms with E-state index in [0.29, 0.717) is 13.2 Å². The number of nitrogens with zero attached hydrogens (tertiary/aromatic N) is 2. The van der Waals surface area contributed by atoms with Crippen LogP contribution in [0.3, 0.4) is 0 Å². The van der Waals surface area contributed by atoms with E-state index in [9.17, 15) is 0 Å². The van der Waals surface area contributed by atoms with Gasteiger partial charge >= 0.3 is 0 Å². The van der Waals surface area contributed by atoms with Crippen molar-refractivity contribution in [3.63, 3.8) is 0 Å². The molecule has 5 nitrogen and oxygen atoms in total. The van der Waals surface area contributed by atoms with Gasteiger partial charge in [0.1, 0.15) is 12.4 Å². The number of anilines is 1. The van der Waals surface area contributed by atoms with E-state index in [4.69, 9.17) is 9.47 Å². The molecule has 1 aliphatic heterocycles. The van der Waals surface area contributed by atoms with E-state index in [1.165, 1.54) is 5.69 Å². The Morgan fingerprint density at radius 2 is 1.87 bits per heavy atom. The highest BCUT2D eigenvalue weighted by Crippen LogP contribution is 2.20. The first kappa shape index (κ1) is 17.8.